The molecule has 1 aliphatic heterocycles. The fourth-order valence-electron chi connectivity index (χ4n) is 2.96. The minimum Gasteiger partial charge on any atom is -0.453 e. The summed E-state index contributed by atoms with van der Waals surface area (Å²) in [6.07, 6.45) is 1.49. The first-order chi connectivity index (χ1) is 10.2. The van der Waals surface area contributed by atoms with Crippen molar-refractivity contribution in [3.05, 3.63) is 34.9 Å². The smallest absolute Gasteiger partial charge is 0.410 e. The van der Waals surface area contributed by atoms with E-state index in [1.807, 2.05) is 4.90 Å². The molecule has 1 heterocycles. The number of methoxy groups -OCH3 is 1. The van der Waals surface area contributed by atoms with Crippen LogP contribution in [0.15, 0.2) is 18.2 Å². The van der Waals surface area contributed by atoms with Crippen molar-refractivity contribution in [2.45, 2.75) is 32.4 Å². The van der Waals surface area contributed by atoms with Crippen molar-refractivity contribution in [2.24, 2.45) is 0 Å². The number of ether oxygens (including phenoxy) is 1. The predicted octanol–water partition coefficient (Wildman–Crippen LogP) is 1.84. The molecule has 2 rings (SSSR count). The first-order valence-corrected chi connectivity index (χ1v) is 7.49. The van der Waals surface area contributed by atoms with Crippen molar-refractivity contribution < 1.29 is 14.6 Å². The maximum atomic E-state index is 11.9. The standard InChI is InChI=1S/C16H24N2O3/c1-3-15-14-5-4-12(11-17-7-9-19)10-13(14)6-8-18(15)16(20)21-2/h4-5,10,15,17,19H,3,6-9,11H2,1-2H3. The van der Waals surface area contributed by atoms with Crippen molar-refractivity contribution in [2.75, 3.05) is 26.8 Å². The third-order valence-corrected chi connectivity index (χ3v) is 3.98. The average molecular weight is 292 g/mol. The highest BCUT2D eigenvalue weighted by Crippen LogP contribution is 2.33. The van der Waals surface area contributed by atoms with E-state index in [9.17, 15) is 4.79 Å². The fourth-order valence-corrected chi connectivity index (χ4v) is 2.96. The minimum absolute atomic E-state index is 0.0978. The quantitative estimate of drug-likeness (QED) is 0.813. The van der Waals surface area contributed by atoms with E-state index in [1.54, 1.807) is 0 Å². The van der Waals surface area contributed by atoms with Gasteiger partial charge in [0, 0.05) is 19.6 Å². The summed E-state index contributed by atoms with van der Waals surface area (Å²) < 4.78 is 4.88. The molecule has 0 aliphatic carbocycles. The van der Waals surface area contributed by atoms with Gasteiger partial charge in [0.2, 0.25) is 0 Å². The van der Waals surface area contributed by atoms with Gasteiger partial charge in [0.1, 0.15) is 0 Å². The van der Waals surface area contributed by atoms with Gasteiger partial charge in [0.15, 0.2) is 0 Å². The normalized spacial score (nSPS) is 17.5. The molecule has 5 heteroatoms. The number of rotatable bonds is 5. The van der Waals surface area contributed by atoms with Gasteiger partial charge in [-0.05, 0) is 29.5 Å². The molecule has 2 N–H and O–H groups in total. The number of fused-ring (bicyclic) bond motifs is 1. The Morgan fingerprint density at radius 3 is 3.00 bits per heavy atom. The monoisotopic (exact) mass is 292 g/mol. The Kier molecular flexibility index (Phi) is 5.59. The molecule has 0 spiro atoms. The van der Waals surface area contributed by atoms with Crippen LogP contribution in [0.4, 0.5) is 4.79 Å². The van der Waals surface area contributed by atoms with Gasteiger partial charge in [-0.15, -0.1) is 0 Å². The molecule has 1 unspecified atom stereocenters. The second kappa shape index (κ2) is 7.43. The fraction of sp³-hybridized carbons (Fsp3) is 0.562. The number of nitrogens with zero attached hydrogens (tertiary/aromatic N) is 1. The van der Waals surface area contributed by atoms with E-state index < -0.39 is 0 Å². The Morgan fingerprint density at radius 2 is 2.33 bits per heavy atom. The van der Waals surface area contributed by atoms with Gasteiger partial charge in [0.05, 0.1) is 19.8 Å². The largest absolute Gasteiger partial charge is 0.453 e. The highest BCUT2D eigenvalue weighted by molar-refractivity contribution is 5.69. The molecular formula is C16H24N2O3. The molecular weight excluding hydrogens is 268 g/mol. The number of aliphatic hydroxyl groups excluding tert-OH is 1. The van der Waals surface area contributed by atoms with Crippen LogP contribution in [-0.2, 0) is 17.7 Å². The molecule has 21 heavy (non-hydrogen) atoms. The Balaban J connectivity index is 2.16. The number of nitrogens with one attached hydrogen (secondary N) is 1. The van der Waals surface area contributed by atoms with Gasteiger partial charge in [0.25, 0.3) is 0 Å². The summed E-state index contributed by atoms with van der Waals surface area (Å²) >= 11 is 0. The van der Waals surface area contributed by atoms with E-state index in [2.05, 4.69) is 30.4 Å². The number of benzene rings is 1. The summed E-state index contributed by atoms with van der Waals surface area (Å²) in [5.74, 6) is 0. The first kappa shape index (κ1) is 15.8. The zero-order valence-electron chi connectivity index (χ0n) is 12.8. The third kappa shape index (κ3) is 3.54. The van der Waals surface area contributed by atoms with Crippen LogP contribution >= 0.6 is 0 Å². The first-order valence-electron chi connectivity index (χ1n) is 7.49. The Labute approximate surface area is 125 Å². The number of hydrogen-bond donors (Lipinski definition) is 2. The number of carbonyl (C=O) groups is 1. The molecule has 0 fully saturated rings. The highest BCUT2D eigenvalue weighted by Gasteiger charge is 2.30. The molecule has 1 aromatic carbocycles. The second-order valence-corrected chi connectivity index (χ2v) is 5.27. The van der Waals surface area contributed by atoms with Gasteiger partial charge in [-0.3, -0.25) is 0 Å². The Bertz CT molecular complexity index is 490. The van der Waals surface area contributed by atoms with Gasteiger partial charge in [-0.25, -0.2) is 4.79 Å². The summed E-state index contributed by atoms with van der Waals surface area (Å²) in [5.41, 5.74) is 3.74. The average Bonchev–Trinajstić information content (AvgIpc) is 2.53. The SMILES string of the molecule is CCC1c2ccc(CNCCO)cc2CCN1C(=O)OC. The predicted molar refractivity (Wildman–Crippen MR) is 81.1 cm³/mol. The van der Waals surface area contributed by atoms with E-state index in [-0.39, 0.29) is 18.7 Å². The molecule has 1 aromatic rings. The van der Waals surface area contributed by atoms with Crippen LogP contribution in [0.25, 0.3) is 0 Å². The zero-order chi connectivity index (χ0) is 15.2. The molecule has 0 saturated heterocycles. The van der Waals surface area contributed by atoms with E-state index in [0.29, 0.717) is 13.1 Å². The lowest BCUT2D eigenvalue weighted by atomic mass is 9.90. The van der Waals surface area contributed by atoms with E-state index in [4.69, 9.17) is 9.84 Å². The molecule has 116 valence electrons. The van der Waals surface area contributed by atoms with Gasteiger partial charge < -0.3 is 20.1 Å². The third-order valence-electron chi connectivity index (χ3n) is 3.98. The molecule has 0 bridgehead atoms. The molecule has 1 amide bonds. The highest BCUT2D eigenvalue weighted by atomic mass is 16.5. The minimum atomic E-state index is -0.249. The summed E-state index contributed by atoms with van der Waals surface area (Å²) in [6, 6.07) is 6.51. The number of hydrogen-bond acceptors (Lipinski definition) is 4. The maximum Gasteiger partial charge on any atom is 0.410 e. The van der Waals surface area contributed by atoms with E-state index >= 15 is 0 Å². The topological polar surface area (TPSA) is 61.8 Å². The van der Waals surface area contributed by atoms with Gasteiger partial charge in [-0.2, -0.15) is 0 Å². The molecule has 0 aromatic heterocycles. The summed E-state index contributed by atoms with van der Waals surface area (Å²) in [4.78, 5) is 13.7. The van der Waals surface area contributed by atoms with Crippen LogP contribution in [0.5, 0.6) is 0 Å². The van der Waals surface area contributed by atoms with Crippen LogP contribution < -0.4 is 5.32 Å². The van der Waals surface area contributed by atoms with Crippen molar-refractivity contribution >= 4 is 6.09 Å². The van der Waals surface area contributed by atoms with Crippen LogP contribution in [0.1, 0.15) is 36.1 Å². The zero-order valence-corrected chi connectivity index (χ0v) is 12.8. The lowest BCUT2D eigenvalue weighted by Gasteiger charge is -2.36. The molecule has 0 radical (unpaired) electrons. The molecule has 5 nitrogen and oxygen atoms in total. The van der Waals surface area contributed by atoms with Crippen molar-refractivity contribution in [1.29, 1.82) is 0 Å². The van der Waals surface area contributed by atoms with Gasteiger partial charge in [-0.1, -0.05) is 25.1 Å². The molecule has 0 saturated carbocycles. The second-order valence-electron chi connectivity index (χ2n) is 5.27. The number of aliphatic hydroxyl groups is 1. The molecule has 1 atom stereocenters. The van der Waals surface area contributed by atoms with Crippen LogP contribution in [-0.4, -0.2) is 42.9 Å². The summed E-state index contributed by atoms with van der Waals surface area (Å²) in [6.45, 7) is 4.30. The van der Waals surface area contributed by atoms with Crippen molar-refractivity contribution in [1.82, 2.24) is 10.2 Å². The van der Waals surface area contributed by atoms with E-state index in [1.165, 1.54) is 23.8 Å². The van der Waals surface area contributed by atoms with Crippen LogP contribution in [0.2, 0.25) is 0 Å². The van der Waals surface area contributed by atoms with Crippen molar-refractivity contribution in [3.63, 3.8) is 0 Å². The maximum absolute atomic E-state index is 11.9. The lowest BCUT2D eigenvalue weighted by molar-refractivity contribution is 0.0995. The number of carbonyl (C=O) groups excluding carboxylic acids is 1. The van der Waals surface area contributed by atoms with Crippen LogP contribution in [0.3, 0.4) is 0 Å². The Hall–Kier alpha value is -1.59. The lowest BCUT2D eigenvalue weighted by Crippen LogP contribution is -2.39. The number of amides is 1. The Morgan fingerprint density at radius 1 is 1.52 bits per heavy atom. The molecule has 1 aliphatic rings. The van der Waals surface area contributed by atoms with Crippen LogP contribution in [0, 0.1) is 0 Å². The van der Waals surface area contributed by atoms with Crippen molar-refractivity contribution in [3.8, 4) is 0 Å². The summed E-state index contributed by atoms with van der Waals surface area (Å²) in [5, 5.41) is 12.0. The van der Waals surface area contributed by atoms with E-state index in [0.717, 1.165) is 19.4 Å². The van der Waals surface area contributed by atoms with Gasteiger partial charge >= 0.3 is 6.09 Å². The summed E-state index contributed by atoms with van der Waals surface area (Å²) in [7, 11) is 1.43.